The molecule has 1 aromatic carbocycles. The number of aryl methyl sites for hydroxylation is 1. The van der Waals surface area contributed by atoms with E-state index in [1.54, 1.807) is 11.3 Å². The molecule has 1 unspecified atom stereocenters. The van der Waals surface area contributed by atoms with Crippen LogP contribution in [0.15, 0.2) is 29.8 Å². The van der Waals surface area contributed by atoms with Crippen LogP contribution in [0.4, 0.5) is 5.69 Å². The fourth-order valence-electron chi connectivity index (χ4n) is 2.04. The van der Waals surface area contributed by atoms with Crippen molar-refractivity contribution in [1.29, 1.82) is 0 Å². The molecule has 0 aliphatic rings. The van der Waals surface area contributed by atoms with Gasteiger partial charge in [-0.3, -0.25) is 0 Å². The maximum Gasteiger partial charge on any atom is 0.119 e. The molecule has 0 bridgehead atoms. The smallest absolute Gasteiger partial charge is 0.119 e. The summed E-state index contributed by atoms with van der Waals surface area (Å²) in [4.78, 5) is 7.68. The standard InChI is InChI=1S/C16H23N3OS/c1-12-16(21-11-17-12)13(2)18-14-5-7-15(8-6-14)20-10-9-19(3)4/h5-8,11,13,18H,9-10H2,1-4H3. The Kier molecular flexibility index (Phi) is 5.59. The van der Waals surface area contributed by atoms with E-state index < -0.39 is 0 Å². The molecule has 0 radical (unpaired) electrons. The van der Waals surface area contributed by atoms with Crippen molar-refractivity contribution >= 4 is 17.0 Å². The summed E-state index contributed by atoms with van der Waals surface area (Å²) < 4.78 is 5.69. The Morgan fingerprint density at radius 3 is 2.57 bits per heavy atom. The lowest BCUT2D eigenvalue weighted by Crippen LogP contribution is -2.19. The molecule has 0 spiro atoms. The Labute approximate surface area is 130 Å². The molecular weight excluding hydrogens is 282 g/mol. The molecule has 0 saturated carbocycles. The molecule has 1 heterocycles. The third-order valence-corrected chi connectivity index (χ3v) is 4.33. The number of hydrogen-bond acceptors (Lipinski definition) is 5. The third-order valence-electron chi connectivity index (χ3n) is 3.22. The largest absolute Gasteiger partial charge is 0.492 e. The first kappa shape index (κ1) is 15.8. The van der Waals surface area contributed by atoms with Gasteiger partial charge in [-0.2, -0.15) is 0 Å². The maximum absolute atomic E-state index is 5.69. The molecule has 21 heavy (non-hydrogen) atoms. The molecule has 0 fully saturated rings. The van der Waals surface area contributed by atoms with Crippen LogP contribution in [0, 0.1) is 6.92 Å². The van der Waals surface area contributed by atoms with Gasteiger partial charge < -0.3 is 15.0 Å². The molecule has 0 saturated heterocycles. The van der Waals surface area contributed by atoms with Gasteiger partial charge in [-0.1, -0.05) is 0 Å². The molecule has 0 aliphatic carbocycles. The molecule has 0 amide bonds. The highest BCUT2D eigenvalue weighted by Crippen LogP contribution is 2.26. The van der Waals surface area contributed by atoms with E-state index in [2.05, 4.69) is 34.3 Å². The number of aromatic nitrogens is 1. The molecule has 114 valence electrons. The summed E-state index contributed by atoms with van der Waals surface area (Å²) in [5.41, 5.74) is 4.09. The van der Waals surface area contributed by atoms with E-state index in [4.69, 9.17) is 4.74 Å². The predicted octanol–water partition coefficient (Wildman–Crippen LogP) is 3.57. The summed E-state index contributed by atoms with van der Waals surface area (Å²) in [6, 6.07) is 8.38. The molecule has 5 heteroatoms. The summed E-state index contributed by atoms with van der Waals surface area (Å²) in [5, 5.41) is 3.49. The molecule has 2 aromatic rings. The molecule has 0 aliphatic heterocycles. The van der Waals surface area contributed by atoms with E-state index in [-0.39, 0.29) is 6.04 Å². The highest BCUT2D eigenvalue weighted by molar-refractivity contribution is 7.09. The minimum absolute atomic E-state index is 0.262. The van der Waals surface area contributed by atoms with Crippen LogP contribution >= 0.6 is 11.3 Å². The number of thiazole rings is 1. The predicted molar refractivity (Wildman–Crippen MR) is 89.4 cm³/mol. The van der Waals surface area contributed by atoms with Crippen molar-refractivity contribution in [1.82, 2.24) is 9.88 Å². The van der Waals surface area contributed by atoms with Crippen LogP contribution in [0.3, 0.4) is 0 Å². The van der Waals surface area contributed by atoms with Gasteiger partial charge in [0.1, 0.15) is 12.4 Å². The van der Waals surface area contributed by atoms with Crippen LogP contribution in [-0.2, 0) is 0 Å². The molecule has 1 aromatic heterocycles. The van der Waals surface area contributed by atoms with Gasteiger partial charge in [-0.25, -0.2) is 4.98 Å². The number of likely N-dealkylation sites (N-methyl/N-ethyl adjacent to an activating group) is 1. The highest BCUT2D eigenvalue weighted by Gasteiger charge is 2.10. The number of nitrogens with one attached hydrogen (secondary N) is 1. The second-order valence-corrected chi connectivity index (χ2v) is 6.23. The van der Waals surface area contributed by atoms with Gasteiger partial charge in [0, 0.05) is 17.1 Å². The van der Waals surface area contributed by atoms with Gasteiger partial charge in [0.05, 0.1) is 17.2 Å². The van der Waals surface area contributed by atoms with Gasteiger partial charge in [-0.05, 0) is 52.2 Å². The lowest BCUT2D eigenvalue weighted by atomic mass is 10.2. The van der Waals surface area contributed by atoms with Crippen molar-refractivity contribution in [3.8, 4) is 5.75 Å². The molecule has 1 atom stereocenters. The van der Waals surface area contributed by atoms with E-state index in [0.717, 1.165) is 23.7 Å². The normalized spacial score (nSPS) is 12.4. The molecule has 2 rings (SSSR count). The average Bonchev–Trinajstić information content (AvgIpc) is 2.87. The van der Waals surface area contributed by atoms with E-state index in [1.807, 2.05) is 38.7 Å². The summed E-state index contributed by atoms with van der Waals surface area (Å²) in [7, 11) is 4.08. The Bertz CT molecular complexity index is 551. The minimum atomic E-state index is 0.262. The second kappa shape index (κ2) is 7.43. The quantitative estimate of drug-likeness (QED) is 0.848. The number of anilines is 1. The molecule has 1 N–H and O–H groups in total. The zero-order valence-corrected chi connectivity index (χ0v) is 13.9. The van der Waals surface area contributed by atoms with Gasteiger partial charge in [0.15, 0.2) is 0 Å². The second-order valence-electron chi connectivity index (χ2n) is 5.34. The lowest BCUT2D eigenvalue weighted by molar-refractivity contribution is 0.261. The fourth-order valence-corrected chi connectivity index (χ4v) is 2.85. The molecule has 4 nitrogen and oxygen atoms in total. The number of hydrogen-bond donors (Lipinski definition) is 1. The maximum atomic E-state index is 5.69. The Balaban J connectivity index is 1.89. The fraction of sp³-hybridized carbons (Fsp3) is 0.438. The summed E-state index contributed by atoms with van der Waals surface area (Å²) >= 11 is 1.69. The van der Waals surface area contributed by atoms with E-state index in [0.29, 0.717) is 6.61 Å². The number of ether oxygens (including phenoxy) is 1. The zero-order chi connectivity index (χ0) is 15.2. The Hall–Kier alpha value is -1.59. The van der Waals surface area contributed by atoms with Crippen LogP contribution < -0.4 is 10.1 Å². The number of nitrogens with zero attached hydrogens (tertiary/aromatic N) is 2. The van der Waals surface area contributed by atoms with Crippen molar-refractivity contribution in [3.63, 3.8) is 0 Å². The monoisotopic (exact) mass is 305 g/mol. The van der Waals surface area contributed by atoms with Crippen LogP contribution in [0.25, 0.3) is 0 Å². The van der Waals surface area contributed by atoms with Gasteiger partial charge in [0.25, 0.3) is 0 Å². The van der Waals surface area contributed by atoms with Crippen molar-refractivity contribution in [2.24, 2.45) is 0 Å². The molecular formula is C16H23N3OS. The van der Waals surface area contributed by atoms with Crippen molar-refractivity contribution in [3.05, 3.63) is 40.3 Å². The van der Waals surface area contributed by atoms with Crippen LogP contribution in [0.5, 0.6) is 5.75 Å². The van der Waals surface area contributed by atoms with Crippen LogP contribution in [0.2, 0.25) is 0 Å². The van der Waals surface area contributed by atoms with Crippen molar-refractivity contribution < 1.29 is 4.74 Å². The summed E-state index contributed by atoms with van der Waals surface area (Å²) in [5.74, 6) is 0.907. The topological polar surface area (TPSA) is 37.4 Å². The SMILES string of the molecule is Cc1ncsc1C(C)Nc1ccc(OCCN(C)C)cc1. The lowest BCUT2D eigenvalue weighted by Gasteiger charge is -2.15. The first-order chi connectivity index (χ1) is 10.1. The average molecular weight is 305 g/mol. The Morgan fingerprint density at radius 1 is 1.29 bits per heavy atom. The highest BCUT2D eigenvalue weighted by atomic mass is 32.1. The number of rotatable bonds is 7. The number of benzene rings is 1. The summed E-state index contributed by atoms with van der Waals surface area (Å²) in [6.45, 7) is 5.83. The first-order valence-corrected chi connectivity index (χ1v) is 7.98. The summed E-state index contributed by atoms with van der Waals surface area (Å²) in [6.07, 6.45) is 0. The van der Waals surface area contributed by atoms with E-state index >= 15 is 0 Å². The van der Waals surface area contributed by atoms with Crippen LogP contribution in [-0.4, -0.2) is 37.1 Å². The first-order valence-electron chi connectivity index (χ1n) is 7.10. The van der Waals surface area contributed by atoms with Crippen molar-refractivity contribution in [2.75, 3.05) is 32.6 Å². The minimum Gasteiger partial charge on any atom is -0.492 e. The Morgan fingerprint density at radius 2 is 2.00 bits per heavy atom. The van der Waals surface area contributed by atoms with Gasteiger partial charge in [-0.15, -0.1) is 11.3 Å². The van der Waals surface area contributed by atoms with Gasteiger partial charge in [0.2, 0.25) is 0 Å². The third kappa shape index (κ3) is 4.72. The van der Waals surface area contributed by atoms with E-state index in [1.165, 1.54) is 4.88 Å². The van der Waals surface area contributed by atoms with E-state index in [9.17, 15) is 0 Å². The van der Waals surface area contributed by atoms with Crippen LogP contribution in [0.1, 0.15) is 23.5 Å². The van der Waals surface area contributed by atoms with Gasteiger partial charge >= 0.3 is 0 Å². The van der Waals surface area contributed by atoms with Crippen molar-refractivity contribution in [2.45, 2.75) is 19.9 Å². The zero-order valence-electron chi connectivity index (χ0n) is 13.1.